The normalized spacial score (nSPS) is 9.24. The molecule has 0 saturated carbocycles. The molecular formula is C8H10N4O5. The summed E-state index contributed by atoms with van der Waals surface area (Å²) in [6, 6.07) is 2.33. The third-order valence-electron chi connectivity index (χ3n) is 1.21. The Bertz CT molecular complexity index is 463. The van der Waals surface area contributed by atoms with E-state index in [-0.39, 0.29) is 11.1 Å². The van der Waals surface area contributed by atoms with Crippen molar-refractivity contribution in [2.75, 3.05) is 0 Å². The van der Waals surface area contributed by atoms with Crippen molar-refractivity contribution in [3.05, 3.63) is 45.0 Å². The van der Waals surface area contributed by atoms with Gasteiger partial charge in [0.05, 0.1) is 0 Å². The SMILES string of the molecule is NNC(=O)/C=C\C(=O)O.O=c1ccc(=O)[nH][nH]1. The van der Waals surface area contributed by atoms with Gasteiger partial charge in [0.1, 0.15) is 0 Å². The van der Waals surface area contributed by atoms with E-state index in [1.165, 1.54) is 12.1 Å². The molecule has 6 N–H and O–H groups in total. The van der Waals surface area contributed by atoms with E-state index >= 15 is 0 Å². The molecular weight excluding hydrogens is 232 g/mol. The Hall–Kier alpha value is -2.68. The fourth-order valence-corrected chi connectivity index (χ4v) is 0.553. The van der Waals surface area contributed by atoms with Crippen LogP contribution < -0.4 is 22.4 Å². The summed E-state index contributed by atoms with van der Waals surface area (Å²) in [6.07, 6.45) is 1.52. The zero-order valence-corrected chi connectivity index (χ0v) is 8.47. The van der Waals surface area contributed by atoms with Crippen LogP contribution in [0.1, 0.15) is 0 Å². The van der Waals surface area contributed by atoms with Gasteiger partial charge in [0.15, 0.2) is 0 Å². The third-order valence-corrected chi connectivity index (χ3v) is 1.21. The first kappa shape index (κ1) is 14.3. The molecule has 1 rings (SSSR count). The lowest BCUT2D eigenvalue weighted by Gasteiger charge is -1.85. The van der Waals surface area contributed by atoms with Crippen LogP contribution in [0.25, 0.3) is 0 Å². The number of carboxylic acids is 1. The lowest BCUT2D eigenvalue weighted by molar-refractivity contribution is -0.131. The van der Waals surface area contributed by atoms with Crippen molar-refractivity contribution in [3.63, 3.8) is 0 Å². The van der Waals surface area contributed by atoms with E-state index in [0.29, 0.717) is 6.08 Å². The molecule has 0 unspecified atom stereocenters. The van der Waals surface area contributed by atoms with Crippen molar-refractivity contribution in [1.82, 2.24) is 15.6 Å². The molecule has 1 aromatic heterocycles. The van der Waals surface area contributed by atoms with E-state index in [9.17, 15) is 19.2 Å². The number of aromatic amines is 2. The topological polar surface area (TPSA) is 158 Å². The summed E-state index contributed by atoms with van der Waals surface area (Å²) in [5.74, 6) is 2.79. The molecule has 0 spiro atoms. The number of carbonyl (C=O) groups is 2. The number of nitrogens with one attached hydrogen (secondary N) is 3. The van der Waals surface area contributed by atoms with E-state index in [4.69, 9.17) is 5.11 Å². The van der Waals surface area contributed by atoms with Crippen LogP contribution in [0.15, 0.2) is 33.9 Å². The van der Waals surface area contributed by atoms with Crippen molar-refractivity contribution in [2.45, 2.75) is 0 Å². The molecule has 9 heteroatoms. The van der Waals surface area contributed by atoms with Crippen LogP contribution in [-0.4, -0.2) is 27.2 Å². The zero-order chi connectivity index (χ0) is 13.3. The van der Waals surface area contributed by atoms with Gasteiger partial charge in [-0.1, -0.05) is 0 Å². The number of hydrogen-bond acceptors (Lipinski definition) is 5. The van der Waals surface area contributed by atoms with Crippen molar-refractivity contribution < 1.29 is 14.7 Å². The highest BCUT2D eigenvalue weighted by Crippen LogP contribution is 1.70. The minimum absolute atomic E-state index is 0.301. The average molecular weight is 242 g/mol. The molecule has 1 amide bonds. The summed E-state index contributed by atoms with van der Waals surface area (Å²) in [5.41, 5.74) is 1.13. The summed E-state index contributed by atoms with van der Waals surface area (Å²) in [7, 11) is 0. The average Bonchev–Trinajstić information content (AvgIpc) is 2.30. The van der Waals surface area contributed by atoms with Crippen LogP contribution in [0, 0.1) is 0 Å². The number of nitrogens with two attached hydrogens (primary N) is 1. The van der Waals surface area contributed by atoms with Crippen LogP contribution >= 0.6 is 0 Å². The summed E-state index contributed by atoms with van der Waals surface area (Å²) < 4.78 is 0. The number of aliphatic carboxylic acids is 1. The summed E-state index contributed by atoms with van der Waals surface area (Å²) in [4.78, 5) is 40.2. The van der Waals surface area contributed by atoms with Gasteiger partial charge < -0.3 is 5.11 Å². The highest BCUT2D eigenvalue weighted by Gasteiger charge is 1.90. The van der Waals surface area contributed by atoms with Crippen LogP contribution in [0.2, 0.25) is 0 Å². The lowest BCUT2D eigenvalue weighted by atomic mass is 10.5. The quantitative estimate of drug-likeness (QED) is 0.169. The molecule has 0 aliphatic rings. The van der Waals surface area contributed by atoms with Gasteiger partial charge in [-0.05, 0) is 0 Å². The fourth-order valence-electron chi connectivity index (χ4n) is 0.553. The van der Waals surface area contributed by atoms with Crippen LogP contribution in [0.5, 0.6) is 0 Å². The molecule has 17 heavy (non-hydrogen) atoms. The number of aromatic nitrogens is 2. The molecule has 0 aliphatic carbocycles. The molecule has 0 aliphatic heterocycles. The van der Waals surface area contributed by atoms with Crippen molar-refractivity contribution in [1.29, 1.82) is 0 Å². The summed E-state index contributed by atoms with van der Waals surface area (Å²) in [5, 5.41) is 12.2. The van der Waals surface area contributed by atoms with Gasteiger partial charge in [0.2, 0.25) is 0 Å². The number of amides is 1. The molecule has 0 atom stereocenters. The van der Waals surface area contributed by atoms with Gasteiger partial charge in [0, 0.05) is 24.3 Å². The number of hydrogen-bond donors (Lipinski definition) is 5. The third kappa shape index (κ3) is 8.32. The Morgan fingerprint density at radius 3 is 1.94 bits per heavy atom. The molecule has 1 heterocycles. The Morgan fingerprint density at radius 1 is 1.18 bits per heavy atom. The standard InChI is InChI=1S/C4H6N2O3.C4H4N2O2/c5-6-3(7)1-2-4(8)9;7-3-1-2-4(8)6-5-3/h1-2H,5H2,(H,6,7)(H,8,9);1-2H,(H,5,7)(H,6,8)/b2-1-;. The molecule has 0 aromatic carbocycles. The molecule has 0 bridgehead atoms. The predicted molar refractivity (Wildman–Crippen MR) is 56.8 cm³/mol. The second-order valence-electron chi connectivity index (χ2n) is 2.49. The van der Waals surface area contributed by atoms with Crippen LogP contribution in [-0.2, 0) is 9.59 Å². The van der Waals surface area contributed by atoms with E-state index in [0.717, 1.165) is 6.08 Å². The van der Waals surface area contributed by atoms with Crippen LogP contribution in [0.4, 0.5) is 0 Å². The van der Waals surface area contributed by atoms with E-state index in [2.05, 4.69) is 16.0 Å². The molecule has 92 valence electrons. The highest BCUT2D eigenvalue weighted by atomic mass is 16.4. The first-order valence-electron chi connectivity index (χ1n) is 4.15. The van der Waals surface area contributed by atoms with Crippen LogP contribution in [0.3, 0.4) is 0 Å². The van der Waals surface area contributed by atoms with Gasteiger partial charge in [-0.15, -0.1) is 0 Å². The molecule has 0 fully saturated rings. The molecule has 0 radical (unpaired) electrons. The lowest BCUT2D eigenvalue weighted by Crippen LogP contribution is -2.28. The Balaban J connectivity index is 0.000000302. The number of hydrazine groups is 1. The Labute approximate surface area is 93.9 Å². The number of carbonyl (C=O) groups excluding carboxylic acids is 1. The largest absolute Gasteiger partial charge is 0.478 e. The van der Waals surface area contributed by atoms with Crippen molar-refractivity contribution in [3.8, 4) is 0 Å². The monoisotopic (exact) mass is 242 g/mol. The fraction of sp³-hybridized carbons (Fsp3) is 0. The van der Waals surface area contributed by atoms with Crippen molar-refractivity contribution in [2.24, 2.45) is 5.84 Å². The summed E-state index contributed by atoms with van der Waals surface area (Å²) >= 11 is 0. The smallest absolute Gasteiger partial charge is 0.328 e. The second-order valence-corrected chi connectivity index (χ2v) is 2.49. The zero-order valence-electron chi connectivity index (χ0n) is 8.47. The minimum atomic E-state index is -1.18. The van der Waals surface area contributed by atoms with Crippen molar-refractivity contribution >= 4 is 11.9 Å². The Morgan fingerprint density at radius 2 is 1.65 bits per heavy atom. The number of carboxylic acid groups (broad SMARTS) is 1. The van der Waals surface area contributed by atoms with E-state index < -0.39 is 11.9 Å². The number of H-pyrrole nitrogens is 2. The maximum absolute atomic E-state index is 10.2. The Kier molecular flexibility index (Phi) is 6.39. The minimum Gasteiger partial charge on any atom is -0.478 e. The molecule has 0 saturated heterocycles. The van der Waals surface area contributed by atoms with E-state index in [1.807, 2.05) is 0 Å². The maximum Gasteiger partial charge on any atom is 0.328 e. The van der Waals surface area contributed by atoms with Gasteiger partial charge in [-0.25, -0.2) is 10.6 Å². The van der Waals surface area contributed by atoms with Gasteiger partial charge in [-0.3, -0.25) is 30.0 Å². The predicted octanol–water partition coefficient (Wildman–Crippen LogP) is -2.32. The summed E-state index contributed by atoms with van der Waals surface area (Å²) in [6.45, 7) is 0. The maximum atomic E-state index is 10.2. The molecule has 9 nitrogen and oxygen atoms in total. The highest BCUT2D eigenvalue weighted by molar-refractivity contribution is 5.93. The van der Waals surface area contributed by atoms with Gasteiger partial charge >= 0.3 is 5.97 Å². The first-order valence-corrected chi connectivity index (χ1v) is 4.15. The van der Waals surface area contributed by atoms with Gasteiger partial charge in [0.25, 0.3) is 17.0 Å². The second kappa shape index (κ2) is 7.59. The number of rotatable bonds is 2. The molecule has 1 aromatic rings. The van der Waals surface area contributed by atoms with Gasteiger partial charge in [-0.2, -0.15) is 0 Å². The van der Waals surface area contributed by atoms with E-state index in [1.54, 1.807) is 5.43 Å². The first-order chi connectivity index (χ1) is 7.95.